The number of ether oxygens (including phenoxy) is 1. The number of fused-ring (bicyclic) bond motifs is 1. The molecule has 1 aliphatic carbocycles. The largest absolute Gasteiger partial charge is 0.480 e. The van der Waals surface area contributed by atoms with E-state index in [9.17, 15) is 24.3 Å². The molecule has 4 rings (SSSR count). The standard InChI is InChI=1S/C27H33N5O6/c1-27(2,3)38-25(36)30-22(24(34)35)21(16-8-6-5-7-9-16)17-10-11-20(29-14-17)32-23(33)18-12-13-28-15-19(18)31(4)26(32)37/h10-16,21-22H,5-9H2,1-4H3,(H,30,36)(H,34,35)/t21?,22-/m0/s1. The van der Waals surface area contributed by atoms with Crippen LogP contribution in [0.15, 0.2) is 46.4 Å². The first-order chi connectivity index (χ1) is 18.0. The topological polar surface area (TPSA) is 145 Å². The number of aliphatic carboxylic acids is 1. The molecule has 1 saturated carbocycles. The number of carboxylic acid groups (broad SMARTS) is 1. The molecule has 3 heterocycles. The predicted molar refractivity (Wildman–Crippen MR) is 140 cm³/mol. The summed E-state index contributed by atoms with van der Waals surface area (Å²) in [6.07, 6.45) is 8.23. The number of pyridine rings is 2. The first-order valence-electron chi connectivity index (χ1n) is 12.7. The molecule has 11 nitrogen and oxygen atoms in total. The highest BCUT2D eigenvalue weighted by Gasteiger charge is 2.38. The minimum absolute atomic E-state index is 0.00352. The Kier molecular flexibility index (Phi) is 7.66. The SMILES string of the molecule is Cn1c(=O)n(-c2ccc(C(C3CCCCC3)[C@H](NC(=O)OC(C)(C)C)C(=O)O)cn2)c(=O)c2ccncc21. The van der Waals surface area contributed by atoms with E-state index in [4.69, 9.17) is 4.74 Å². The molecule has 38 heavy (non-hydrogen) atoms. The maximum Gasteiger partial charge on any atom is 0.408 e. The summed E-state index contributed by atoms with van der Waals surface area (Å²) in [4.78, 5) is 59.5. The molecule has 202 valence electrons. The number of nitrogens with zero attached hydrogens (tertiary/aromatic N) is 4. The molecule has 1 aliphatic rings. The first kappa shape index (κ1) is 27.0. The van der Waals surface area contributed by atoms with Gasteiger partial charge in [-0.25, -0.2) is 23.9 Å². The van der Waals surface area contributed by atoms with Crippen LogP contribution >= 0.6 is 0 Å². The predicted octanol–water partition coefficient (Wildman–Crippen LogP) is 3.12. The van der Waals surface area contributed by atoms with Gasteiger partial charge in [-0.05, 0) is 57.2 Å². The van der Waals surface area contributed by atoms with Crippen molar-refractivity contribution < 1.29 is 19.4 Å². The number of amides is 1. The molecule has 2 N–H and O–H groups in total. The van der Waals surface area contributed by atoms with E-state index in [1.165, 1.54) is 29.2 Å². The summed E-state index contributed by atoms with van der Waals surface area (Å²) in [6.45, 7) is 5.12. The second-order valence-corrected chi connectivity index (χ2v) is 10.7. The lowest BCUT2D eigenvalue weighted by Crippen LogP contribution is -2.49. The van der Waals surface area contributed by atoms with Crippen molar-refractivity contribution in [3.8, 4) is 5.82 Å². The number of alkyl carbamates (subject to hydrolysis) is 1. The molecule has 0 aliphatic heterocycles. The lowest BCUT2D eigenvalue weighted by molar-refractivity contribution is -0.140. The molecule has 3 aromatic heterocycles. The van der Waals surface area contributed by atoms with Gasteiger partial charge in [0.15, 0.2) is 0 Å². The number of rotatable bonds is 6. The van der Waals surface area contributed by atoms with Gasteiger partial charge in [0.2, 0.25) is 0 Å². The Labute approximate surface area is 219 Å². The normalized spacial score (nSPS) is 16.1. The Morgan fingerprint density at radius 3 is 2.42 bits per heavy atom. The van der Waals surface area contributed by atoms with E-state index in [1.54, 1.807) is 40.0 Å². The van der Waals surface area contributed by atoms with E-state index in [0.717, 1.165) is 36.7 Å². The Morgan fingerprint density at radius 2 is 1.82 bits per heavy atom. The van der Waals surface area contributed by atoms with Gasteiger partial charge in [0, 0.05) is 25.4 Å². The van der Waals surface area contributed by atoms with Crippen LogP contribution in [-0.2, 0) is 16.6 Å². The summed E-state index contributed by atoms with van der Waals surface area (Å²) in [5.74, 6) is -1.64. The minimum atomic E-state index is -1.25. The Bertz CT molecular complexity index is 1450. The minimum Gasteiger partial charge on any atom is -0.480 e. The van der Waals surface area contributed by atoms with Crippen molar-refractivity contribution in [1.82, 2.24) is 24.4 Å². The first-order valence-corrected chi connectivity index (χ1v) is 12.7. The van der Waals surface area contributed by atoms with Crippen LogP contribution in [0.5, 0.6) is 0 Å². The highest BCUT2D eigenvalue weighted by Crippen LogP contribution is 2.38. The van der Waals surface area contributed by atoms with Crippen molar-refractivity contribution in [1.29, 1.82) is 0 Å². The summed E-state index contributed by atoms with van der Waals surface area (Å²) >= 11 is 0. The summed E-state index contributed by atoms with van der Waals surface area (Å²) in [5.41, 5.74) is -0.880. The van der Waals surface area contributed by atoms with Gasteiger partial charge in [-0.3, -0.25) is 14.3 Å². The molecule has 0 aromatic carbocycles. The molecule has 0 saturated heterocycles. The van der Waals surface area contributed by atoms with Crippen molar-refractivity contribution in [2.24, 2.45) is 13.0 Å². The zero-order valence-corrected chi connectivity index (χ0v) is 22.0. The fourth-order valence-corrected chi connectivity index (χ4v) is 5.19. The van der Waals surface area contributed by atoms with Gasteiger partial charge in [0.25, 0.3) is 5.56 Å². The maximum absolute atomic E-state index is 13.1. The van der Waals surface area contributed by atoms with E-state index in [1.807, 2.05) is 0 Å². The molecule has 0 bridgehead atoms. The van der Waals surface area contributed by atoms with Gasteiger partial charge >= 0.3 is 17.8 Å². The van der Waals surface area contributed by atoms with Crippen molar-refractivity contribution in [3.05, 3.63) is 63.2 Å². The molecular weight excluding hydrogens is 490 g/mol. The Morgan fingerprint density at radius 1 is 1.11 bits per heavy atom. The molecule has 0 spiro atoms. The van der Waals surface area contributed by atoms with Crippen LogP contribution in [0.4, 0.5) is 4.79 Å². The third kappa shape index (κ3) is 5.61. The molecular formula is C27H33N5O6. The summed E-state index contributed by atoms with van der Waals surface area (Å²) in [6, 6.07) is 3.51. The Hall–Kier alpha value is -4.02. The molecule has 1 amide bonds. The third-order valence-corrected chi connectivity index (χ3v) is 6.91. The van der Waals surface area contributed by atoms with Crippen LogP contribution < -0.4 is 16.6 Å². The summed E-state index contributed by atoms with van der Waals surface area (Å²) in [5, 5.41) is 13.0. The van der Waals surface area contributed by atoms with Gasteiger partial charge in [-0.1, -0.05) is 25.3 Å². The number of carbonyl (C=O) groups is 2. The van der Waals surface area contributed by atoms with Crippen LogP contribution in [-0.4, -0.2) is 47.9 Å². The van der Waals surface area contributed by atoms with E-state index >= 15 is 0 Å². The smallest absolute Gasteiger partial charge is 0.408 e. The quantitative estimate of drug-likeness (QED) is 0.501. The maximum atomic E-state index is 13.1. The van der Waals surface area contributed by atoms with E-state index in [-0.39, 0.29) is 11.7 Å². The van der Waals surface area contributed by atoms with Crippen molar-refractivity contribution >= 4 is 23.0 Å². The third-order valence-electron chi connectivity index (χ3n) is 6.91. The number of hydrogen-bond donors (Lipinski definition) is 2. The lowest BCUT2D eigenvalue weighted by atomic mass is 9.73. The van der Waals surface area contributed by atoms with Gasteiger partial charge in [-0.15, -0.1) is 0 Å². The lowest BCUT2D eigenvalue weighted by Gasteiger charge is -2.35. The molecule has 11 heteroatoms. The average Bonchev–Trinajstić information content (AvgIpc) is 2.87. The number of carbonyl (C=O) groups excluding carboxylic acids is 1. The number of nitrogens with one attached hydrogen (secondary N) is 1. The van der Waals surface area contributed by atoms with E-state index < -0.39 is 40.9 Å². The van der Waals surface area contributed by atoms with Crippen LogP contribution in [0.3, 0.4) is 0 Å². The van der Waals surface area contributed by atoms with Gasteiger partial charge in [-0.2, -0.15) is 0 Å². The number of aryl methyl sites for hydroxylation is 1. The Balaban J connectivity index is 1.75. The van der Waals surface area contributed by atoms with Crippen LogP contribution in [0.2, 0.25) is 0 Å². The molecule has 3 aromatic rings. The molecule has 1 unspecified atom stereocenters. The van der Waals surface area contributed by atoms with Gasteiger partial charge in [0.05, 0.1) is 17.1 Å². The van der Waals surface area contributed by atoms with E-state index in [2.05, 4.69) is 15.3 Å². The average molecular weight is 524 g/mol. The van der Waals surface area contributed by atoms with Gasteiger partial charge in [0.1, 0.15) is 17.5 Å². The number of carboxylic acids is 1. The van der Waals surface area contributed by atoms with Gasteiger partial charge < -0.3 is 15.2 Å². The number of aromatic nitrogens is 4. The highest BCUT2D eigenvalue weighted by molar-refractivity contribution is 5.81. The molecule has 2 atom stereocenters. The van der Waals surface area contributed by atoms with Crippen LogP contribution in [0, 0.1) is 5.92 Å². The zero-order chi connectivity index (χ0) is 27.6. The zero-order valence-electron chi connectivity index (χ0n) is 22.0. The second-order valence-electron chi connectivity index (χ2n) is 10.7. The van der Waals surface area contributed by atoms with Crippen molar-refractivity contribution in [3.63, 3.8) is 0 Å². The molecule has 0 radical (unpaired) electrons. The summed E-state index contributed by atoms with van der Waals surface area (Å²) in [7, 11) is 1.55. The highest BCUT2D eigenvalue weighted by atomic mass is 16.6. The monoisotopic (exact) mass is 523 g/mol. The van der Waals surface area contributed by atoms with Crippen molar-refractivity contribution in [2.45, 2.75) is 70.4 Å². The second kappa shape index (κ2) is 10.8. The molecule has 1 fully saturated rings. The summed E-state index contributed by atoms with van der Waals surface area (Å²) < 4.78 is 7.64. The fraction of sp³-hybridized carbons (Fsp3) is 0.481. The number of hydrogen-bond acceptors (Lipinski definition) is 7. The van der Waals surface area contributed by atoms with Crippen LogP contribution in [0.25, 0.3) is 16.7 Å². The van der Waals surface area contributed by atoms with E-state index in [0.29, 0.717) is 16.5 Å². The van der Waals surface area contributed by atoms with Crippen LogP contribution in [0.1, 0.15) is 64.4 Å². The van der Waals surface area contributed by atoms with Crippen molar-refractivity contribution in [2.75, 3.05) is 0 Å². The fourth-order valence-electron chi connectivity index (χ4n) is 5.19.